The quantitative estimate of drug-likeness (QED) is 0.885. The highest BCUT2D eigenvalue weighted by Gasteiger charge is 2.30. The van der Waals surface area contributed by atoms with Crippen LogP contribution >= 0.6 is 0 Å². The van der Waals surface area contributed by atoms with E-state index in [1.54, 1.807) is 7.11 Å². The lowest BCUT2D eigenvalue weighted by atomic mass is 9.98. The molecule has 0 spiro atoms. The minimum absolute atomic E-state index is 0.0172. The Morgan fingerprint density at radius 2 is 1.74 bits per heavy atom. The van der Waals surface area contributed by atoms with Crippen LogP contribution in [-0.2, 0) is 4.79 Å². The molecule has 1 fully saturated rings. The van der Waals surface area contributed by atoms with Crippen LogP contribution in [0.2, 0.25) is 0 Å². The average Bonchev–Trinajstić information content (AvgIpc) is 2.61. The van der Waals surface area contributed by atoms with Gasteiger partial charge in [-0.1, -0.05) is 42.5 Å². The maximum absolute atomic E-state index is 11.7. The van der Waals surface area contributed by atoms with Crippen LogP contribution < -0.4 is 20.1 Å². The lowest BCUT2D eigenvalue weighted by Gasteiger charge is -2.33. The molecular formula is C18H20N2O3. The summed E-state index contributed by atoms with van der Waals surface area (Å²) >= 11 is 0. The molecule has 1 heterocycles. The van der Waals surface area contributed by atoms with Gasteiger partial charge in [-0.3, -0.25) is 10.1 Å². The molecule has 2 aromatic carbocycles. The van der Waals surface area contributed by atoms with E-state index in [4.69, 9.17) is 9.47 Å². The van der Waals surface area contributed by atoms with E-state index in [0.717, 1.165) is 5.56 Å². The van der Waals surface area contributed by atoms with E-state index in [-0.39, 0.29) is 18.0 Å². The number of benzene rings is 2. The average molecular weight is 312 g/mol. The van der Waals surface area contributed by atoms with Crippen LogP contribution in [0, 0.1) is 0 Å². The van der Waals surface area contributed by atoms with Gasteiger partial charge in [0.25, 0.3) is 0 Å². The Morgan fingerprint density at radius 1 is 1.04 bits per heavy atom. The van der Waals surface area contributed by atoms with Crippen molar-refractivity contribution < 1.29 is 14.3 Å². The number of carbonyl (C=O) groups is 1. The number of amides is 1. The molecule has 5 nitrogen and oxygen atoms in total. The largest absolute Gasteiger partial charge is 0.493 e. The highest BCUT2D eigenvalue weighted by molar-refractivity contribution is 5.79. The maximum atomic E-state index is 11.7. The molecule has 120 valence electrons. The number of hydrogen-bond donors (Lipinski definition) is 2. The molecule has 23 heavy (non-hydrogen) atoms. The van der Waals surface area contributed by atoms with Crippen molar-refractivity contribution in [3.05, 3.63) is 60.2 Å². The minimum atomic E-state index is -0.149. The van der Waals surface area contributed by atoms with Crippen molar-refractivity contribution in [2.24, 2.45) is 0 Å². The van der Waals surface area contributed by atoms with Crippen molar-refractivity contribution in [3.8, 4) is 11.5 Å². The third-order valence-corrected chi connectivity index (χ3v) is 3.88. The molecule has 1 saturated heterocycles. The number of hydrogen-bond acceptors (Lipinski definition) is 4. The zero-order valence-electron chi connectivity index (χ0n) is 13.0. The normalized spacial score (nSPS) is 20.7. The zero-order valence-corrected chi connectivity index (χ0v) is 13.0. The molecule has 1 aliphatic rings. The fourth-order valence-corrected chi connectivity index (χ4v) is 2.75. The molecule has 2 aromatic rings. The van der Waals surface area contributed by atoms with Crippen molar-refractivity contribution in [1.82, 2.24) is 10.6 Å². The van der Waals surface area contributed by atoms with Gasteiger partial charge in [-0.15, -0.1) is 0 Å². The van der Waals surface area contributed by atoms with E-state index < -0.39 is 0 Å². The Hall–Kier alpha value is -2.53. The van der Waals surface area contributed by atoms with Crippen molar-refractivity contribution in [2.75, 3.05) is 20.3 Å². The topological polar surface area (TPSA) is 59.6 Å². The van der Waals surface area contributed by atoms with Crippen molar-refractivity contribution in [2.45, 2.75) is 12.1 Å². The van der Waals surface area contributed by atoms with E-state index in [2.05, 4.69) is 10.6 Å². The Kier molecular flexibility index (Phi) is 4.78. The molecule has 2 atom stereocenters. The smallest absolute Gasteiger partial charge is 0.234 e. The van der Waals surface area contributed by atoms with Gasteiger partial charge >= 0.3 is 0 Å². The summed E-state index contributed by atoms with van der Waals surface area (Å²) in [6.45, 7) is 0.670. The molecule has 1 amide bonds. The summed E-state index contributed by atoms with van der Waals surface area (Å²) in [7, 11) is 1.61. The predicted molar refractivity (Wildman–Crippen MR) is 87.6 cm³/mol. The first kappa shape index (κ1) is 15.4. The number of rotatable bonds is 5. The van der Waals surface area contributed by atoms with Gasteiger partial charge in [0, 0.05) is 0 Å². The summed E-state index contributed by atoms with van der Waals surface area (Å²) in [4.78, 5) is 11.7. The summed E-state index contributed by atoms with van der Waals surface area (Å²) in [5.74, 6) is 1.33. The predicted octanol–water partition coefficient (Wildman–Crippen LogP) is 1.90. The van der Waals surface area contributed by atoms with E-state index >= 15 is 0 Å². The summed E-state index contributed by atoms with van der Waals surface area (Å²) in [5, 5.41) is 6.28. The van der Waals surface area contributed by atoms with Crippen LogP contribution in [0.15, 0.2) is 54.6 Å². The number of methoxy groups -OCH3 is 1. The SMILES string of the molecule is COc1ccccc1OC[C@H]1NC(=O)CN[C@H]1c1ccccc1. The molecule has 0 aliphatic carbocycles. The summed E-state index contributed by atoms with van der Waals surface area (Å²) in [6.07, 6.45) is 0. The third kappa shape index (κ3) is 3.63. The van der Waals surface area contributed by atoms with Gasteiger partial charge in [0.2, 0.25) is 5.91 Å². The Bertz CT molecular complexity index is 660. The van der Waals surface area contributed by atoms with Gasteiger partial charge in [0.15, 0.2) is 11.5 Å². The van der Waals surface area contributed by atoms with E-state index in [1.807, 2.05) is 54.6 Å². The number of ether oxygens (including phenoxy) is 2. The summed E-state index contributed by atoms with van der Waals surface area (Å²) in [5.41, 5.74) is 1.13. The van der Waals surface area contributed by atoms with Crippen LogP contribution in [0.1, 0.15) is 11.6 Å². The van der Waals surface area contributed by atoms with Crippen LogP contribution in [0.3, 0.4) is 0 Å². The standard InChI is InChI=1S/C18H20N2O3/c1-22-15-9-5-6-10-16(15)23-12-14-18(19-11-17(21)20-14)13-7-3-2-4-8-13/h2-10,14,18-19H,11-12H2,1H3,(H,20,21)/t14-,18+/m1/s1. The van der Waals surface area contributed by atoms with E-state index in [0.29, 0.717) is 24.7 Å². The van der Waals surface area contributed by atoms with Gasteiger partial charge in [-0.2, -0.15) is 0 Å². The Morgan fingerprint density at radius 3 is 2.48 bits per heavy atom. The second kappa shape index (κ2) is 7.15. The Labute approximate surface area is 135 Å². The molecule has 5 heteroatoms. The van der Waals surface area contributed by atoms with E-state index in [9.17, 15) is 4.79 Å². The van der Waals surface area contributed by atoms with E-state index in [1.165, 1.54) is 0 Å². The molecule has 0 radical (unpaired) electrons. The highest BCUT2D eigenvalue weighted by Crippen LogP contribution is 2.27. The molecule has 0 aromatic heterocycles. The number of carbonyl (C=O) groups excluding carboxylic acids is 1. The number of piperazine rings is 1. The monoisotopic (exact) mass is 312 g/mol. The number of para-hydroxylation sites is 2. The molecule has 0 saturated carbocycles. The van der Waals surface area contributed by atoms with Gasteiger partial charge in [-0.05, 0) is 17.7 Å². The maximum Gasteiger partial charge on any atom is 0.234 e. The van der Waals surface area contributed by atoms with Crippen LogP contribution in [0.4, 0.5) is 0 Å². The minimum Gasteiger partial charge on any atom is -0.493 e. The third-order valence-electron chi connectivity index (χ3n) is 3.88. The highest BCUT2D eigenvalue weighted by atomic mass is 16.5. The van der Waals surface area contributed by atoms with Crippen LogP contribution in [0.5, 0.6) is 11.5 Å². The van der Waals surface area contributed by atoms with Gasteiger partial charge in [0.05, 0.1) is 25.7 Å². The zero-order chi connectivity index (χ0) is 16.1. The molecular weight excluding hydrogens is 292 g/mol. The molecule has 1 aliphatic heterocycles. The first-order valence-corrected chi connectivity index (χ1v) is 7.61. The summed E-state index contributed by atoms with van der Waals surface area (Å²) < 4.78 is 11.2. The van der Waals surface area contributed by atoms with Crippen molar-refractivity contribution in [3.63, 3.8) is 0 Å². The van der Waals surface area contributed by atoms with Gasteiger partial charge < -0.3 is 14.8 Å². The molecule has 0 unspecified atom stereocenters. The lowest BCUT2D eigenvalue weighted by molar-refractivity contribution is -0.123. The van der Waals surface area contributed by atoms with Crippen LogP contribution in [0.25, 0.3) is 0 Å². The van der Waals surface area contributed by atoms with Gasteiger partial charge in [0.1, 0.15) is 6.61 Å². The second-order valence-corrected chi connectivity index (χ2v) is 5.41. The van der Waals surface area contributed by atoms with Crippen molar-refractivity contribution >= 4 is 5.91 Å². The number of nitrogens with one attached hydrogen (secondary N) is 2. The first-order chi connectivity index (χ1) is 11.3. The van der Waals surface area contributed by atoms with Crippen molar-refractivity contribution in [1.29, 1.82) is 0 Å². The fourth-order valence-electron chi connectivity index (χ4n) is 2.75. The first-order valence-electron chi connectivity index (χ1n) is 7.61. The fraction of sp³-hybridized carbons (Fsp3) is 0.278. The second-order valence-electron chi connectivity index (χ2n) is 5.41. The summed E-state index contributed by atoms with van der Waals surface area (Å²) in [6, 6.07) is 17.4. The molecule has 2 N–H and O–H groups in total. The molecule has 3 rings (SSSR count). The molecule has 0 bridgehead atoms. The van der Waals surface area contributed by atoms with Gasteiger partial charge in [-0.25, -0.2) is 0 Å². The lowest BCUT2D eigenvalue weighted by Crippen LogP contribution is -2.56. The van der Waals surface area contributed by atoms with Crippen LogP contribution in [-0.4, -0.2) is 32.2 Å². The Balaban J connectivity index is 1.74.